The number of hydrogen-bond acceptors (Lipinski definition) is 2. The minimum Gasteiger partial charge on any atom is -0.382 e. The van der Waals surface area contributed by atoms with Crippen LogP contribution in [0.2, 0.25) is 0 Å². The van der Waals surface area contributed by atoms with E-state index in [-0.39, 0.29) is 0 Å². The molecule has 4 rings (SSSR count). The Hall–Kier alpha value is -3.07. The summed E-state index contributed by atoms with van der Waals surface area (Å²) in [6, 6.07) is 27.6. The molecule has 1 N–H and O–H groups in total. The van der Waals surface area contributed by atoms with Crippen LogP contribution in [-0.2, 0) is 0 Å². The molecule has 0 aliphatic carbocycles. The number of aromatic nitrogens is 2. The third kappa shape index (κ3) is 3.65. The summed E-state index contributed by atoms with van der Waals surface area (Å²) in [5.74, 6) is 0.655. The van der Waals surface area contributed by atoms with Crippen molar-refractivity contribution in [3.8, 4) is 16.9 Å². The molecule has 0 bridgehead atoms. The van der Waals surface area contributed by atoms with Gasteiger partial charge in [0.05, 0.1) is 16.6 Å². The molecule has 3 heteroatoms. The highest BCUT2D eigenvalue weighted by atomic mass is 15.3. The van der Waals surface area contributed by atoms with E-state index in [2.05, 4.69) is 97.5 Å². The first kappa shape index (κ1) is 18.3. The second-order valence-electron chi connectivity index (χ2n) is 7.84. The number of para-hydroxylation sites is 1. The second-order valence-corrected chi connectivity index (χ2v) is 7.84. The molecule has 0 amide bonds. The molecule has 1 unspecified atom stereocenters. The van der Waals surface area contributed by atoms with Crippen molar-refractivity contribution in [2.75, 3.05) is 5.32 Å². The van der Waals surface area contributed by atoms with E-state index in [1.807, 2.05) is 12.1 Å². The van der Waals surface area contributed by atoms with Crippen molar-refractivity contribution in [1.82, 2.24) is 9.78 Å². The summed E-state index contributed by atoms with van der Waals surface area (Å²) in [6.07, 6.45) is 1.13. The SMILES string of the molecule is CC(C)CC(C)Nc1cccc2c1c(-c1ccccc1)nn2-c1ccccc1. The van der Waals surface area contributed by atoms with Crippen LogP contribution in [-0.4, -0.2) is 15.8 Å². The summed E-state index contributed by atoms with van der Waals surface area (Å²) in [7, 11) is 0. The average Bonchev–Trinajstić information content (AvgIpc) is 3.09. The van der Waals surface area contributed by atoms with Gasteiger partial charge in [0.15, 0.2) is 0 Å². The van der Waals surface area contributed by atoms with Gasteiger partial charge in [0.25, 0.3) is 0 Å². The lowest BCUT2D eigenvalue weighted by Crippen LogP contribution is -2.17. The fraction of sp³-hybridized carbons (Fsp3) is 0.240. The predicted molar refractivity (Wildman–Crippen MR) is 119 cm³/mol. The van der Waals surface area contributed by atoms with Crippen LogP contribution in [0.3, 0.4) is 0 Å². The Morgan fingerprint density at radius 3 is 2.18 bits per heavy atom. The number of anilines is 1. The van der Waals surface area contributed by atoms with Crippen molar-refractivity contribution in [2.24, 2.45) is 5.92 Å². The smallest absolute Gasteiger partial charge is 0.103 e. The van der Waals surface area contributed by atoms with Gasteiger partial charge in [0.2, 0.25) is 0 Å². The Morgan fingerprint density at radius 1 is 0.821 bits per heavy atom. The van der Waals surface area contributed by atoms with Crippen LogP contribution in [0.1, 0.15) is 27.2 Å². The lowest BCUT2D eigenvalue weighted by Gasteiger charge is -2.18. The lowest BCUT2D eigenvalue weighted by molar-refractivity contribution is 0.540. The van der Waals surface area contributed by atoms with Gasteiger partial charge in [-0.15, -0.1) is 0 Å². The van der Waals surface area contributed by atoms with Gasteiger partial charge in [0.1, 0.15) is 5.69 Å². The Balaban J connectivity index is 1.91. The van der Waals surface area contributed by atoms with E-state index in [1.165, 1.54) is 5.39 Å². The monoisotopic (exact) mass is 369 g/mol. The summed E-state index contributed by atoms with van der Waals surface area (Å²) in [5.41, 5.74) is 5.48. The molecule has 0 saturated heterocycles. The minimum atomic E-state index is 0.397. The zero-order valence-corrected chi connectivity index (χ0v) is 16.8. The Morgan fingerprint density at radius 2 is 1.50 bits per heavy atom. The van der Waals surface area contributed by atoms with Crippen molar-refractivity contribution in [3.63, 3.8) is 0 Å². The summed E-state index contributed by atoms with van der Waals surface area (Å²) >= 11 is 0. The molecule has 0 aliphatic heterocycles. The highest BCUT2D eigenvalue weighted by Gasteiger charge is 2.18. The van der Waals surface area contributed by atoms with Crippen molar-refractivity contribution >= 4 is 16.6 Å². The Labute approximate surface area is 167 Å². The molecule has 3 aromatic carbocycles. The summed E-state index contributed by atoms with van der Waals surface area (Å²) in [5, 5.41) is 9.95. The van der Waals surface area contributed by atoms with Crippen molar-refractivity contribution in [2.45, 2.75) is 33.2 Å². The average molecular weight is 370 g/mol. The van der Waals surface area contributed by atoms with Crippen LogP contribution in [0.4, 0.5) is 5.69 Å². The maximum absolute atomic E-state index is 5.04. The van der Waals surface area contributed by atoms with E-state index in [0.717, 1.165) is 34.6 Å². The molecule has 0 fully saturated rings. The molecule has 142 valence electrons. The van der Waals surface area contributed by atoms with Crippen molar-refractivity contribution in [1.29, 1.82) is 0 Å². The van der Waals surface area contributed by atoms with E-state index in [4.69, 9.17) is 5.10 Å². The highest BCUT2D eigenvalue weighted by molar-refractivity contribution is 6.03. The first-order chi connectivity index (χ1) is 13.6. The molecule has 1 aromatic heterocycles. The minimum absolute atomic E-state index is 0.397. The van der Waals surface area contributed by atoms with E-state index < -0.39 is 0 Å². The third-order valence-electron chi connectivity index (χ3n) is 4.98. The van der Waals surface area contributed by atoms with Crippen LogP contribution in [0.15, 0.2) is 78.9 Å². The van der Waals surface area contributed by atoms with Crippen molar-refractivity contribution in [3.05, 3.63) is 78.9 Å². The molecule has 0 spiro atoms. The zero-order chi connectivity index (χ0) is 19.5. The summed E-state index contributed by atoms with van der Waals surface area (Å²) < 4.78 is 2.05. The number of nitrogens with zero attached hydrogens (tertiary/aromatic N) is 2. The van der Waals surface area contributed by atoms with E-state index in [1.54, 1.807) is 0 Å². The fourth-order valence-corrected chi connectivity index (χ4v) is 3.89. The number of hydrogen-bond donors (Lipinski definition) is 1. The zero-order valence-electron chi connectivity index (χ0n) is 16.8. The molecule has 1 heterocycles. The number of rotatable bonds is 6. The molecular formula is C25H27N3. The molecule has 0 aliphatic rings. The summed E-state index contributed by atoms with van der Waals surface area (Å²) in [6.45, 7) is 6.78. The number of benzene rings is 3. The maximum atomic E-state index is 5.04. The second kappa shape index (κ2) is 7.89. The lowest BCUT2D eigenvalue weighted by atomic mass is 10.0. The predicted octanol–water partition coefficient (Wildman–Crippen LogP) is 6.54. The molecule has 4 aromatic rings. The highest BCUT2D eigenvalue weighted by Crippen LogP contribution is 2.35. The van der Waals surface area contributed by atoms with E-state index in [9.17, 15) is 0 Å². The third-order valence-corrected chi connectivity index (χ3v) is 4.98. The van der Waals surface area contributed by atoms with Crippen LogP contribution < -0.4 is 5.32 Å². The van der Waals surface area contributed by atoms with Crippen LogP contribution >= 0.6 is 0 Å². The maximum Gasteiger partial charge on any atom is 0.103 e. The molecule has 0 saturated carbocycles. The quantitative estimate of drug-likeness (QED) is 0.418. The van der Waals surface area contributed by atoms with Gasteiger partial charge in [-0.2, -0.15) is 5.10 Å². The van der Waals surface area contributed by atoms with Gasteiger partial charge in [-0.25, -0.2) is 4.68 Å². The number of fused-ring (bicyclic) bond motifs is 1. The van der Waals surface area contributed by atoms with Crippen LogP contribution in [0, 0.1) is 5.92 Å². The largest absolute Gasteiger partial charge is 0.382 e. The van der Waals surface area contributed by atoms with E-state index in [0.29, 0.717) is 12.0 Å². The molecule has 3 nitrogen and oxygen atoms in total. The fourth-order valence-electron chi connectivity index (χ4n) is 3.89. The van der Waals surface area contributed by atoms with Gasteiger partial charge in [-0.1, -0.05) is 68.4 Å². The van der Waals surface area contributed by atoms with Gasteiger partial charge in [0, 0.05) is 17.3 Å². The van der Waals surface area contributed by atoms with Gasteiger partial charge < -0.3 is 5.32 Å². The van der Waals surface area contributed by atoms with Gasteiger partial charge in [-0.3, -0.25) is 0 Å². The van der Waals surface area contributed by atoms with Gasteiger partial charge in [-0.05, 0) is 43.5 Å². The Bertz CT molecular complexity index is 1050. The topological polar surface area (TPSA) is 29.9 Å². The molecule has 28 heavy (non-hydrogen) atoms. The first-order valence-electron chi connectivity index (χ1n) is 10.0. The Kier molecular flexibility index (Phi) is 5.16. The number of nitrogens with one attached hydrogen (secondary N) is 1. The first-order valence-corrected chi connectivity index (χ1v) is 10.0. The summed E-state index contributed by atoms with van der Waals surface area (Å²) in [4.78, 5) is 0. The van der Waals surface area contributed by atoms with Crippen LogP contribution in [0.5, 0.6) is 0 Å². The van der Waals surface area contributed by atoms with Crippen molar-refractivity contribution < 1.29 is 0 Å². The van der Waals surface area contributed by atoms with Crippen LogP contribution in [0.25, 0.3) is 27.8 Å². The van der Waals surface area contributed by atoms with Gasteiger partial charge >= 0.3 is 0 Å². The molecule has 0 radical (unpaired) electrons. The molecular weight excluding hydrogens is 342 g/mol. The van der Waals surface area contributed by atoms with E-state index >= 15 is 0 Å². The molecule has 1 atom stereocenters. The normalized spacial score (nSPS) is 12.4. The standard InChI is InChI=1S/C25H27N3/c1-18(2)17-19(3)26-22-15-10-16-23-24(22)25(20-11-6-4-7-12-20)27-28(23)21-13-8-5-9-14-21/h4-16,18-19,26H,17H2,1-3H3.